The van der Waals surface area contributed by atoms with E-state index >= 15 is 4.79 Å². The first-order valence-electron chi connectivity index (χ1n) is 17.8. The van der Waals surface area contributed by atoms with E-state index in [1.54, 1.807) is 11.8 Å². The number of hydrogen-bond acceptors (Lipinski definition) is 9. The number of aliphatic hydroxyl groups excluding tert-OH is 1. The maximum atomic E-state index is 15.2. The van der Waals surface area contributed by atoms with Gasteiger partial charge in [-0.2, -0.15) is 0 Å². The molecule has 2 fully saturated rings. The molecular weight excluding hydrogens is 679 g/mol. The minimum Gasteiger partial charge on any atom is -0.497 e. The largest absolute Gasteiger partial charge is 0.497 e. The van der Waals surface area contributed by atoms with Gasteiger partial charge in [-0.1, -0.05) is 72.9 Å². The second-order valence-electron chi connectivity index (χ2n) is 14.5. The van der Waals surface area contributed by atoms with Crippen LogP contribution in [0.15, 0.2) is 79.0 Å². The van der Waals surface area contributed by atoms with E-state index in [2.05, 4.69) is 42.5 Å². The fraction of sp³-hybridized carbons (Fsp3) is 0.410. The van der Waals surface area contributed by atoms with Crippen molar-refractivity contribution in [2.24, 2.45) is 5.92 Å². The number of β-lactam (4-membered cyclic amide) rings is 1. The zero-order chi connectivity index (χ0) is 36.8. The van der Waals surface area contributed by atoms with Gasteiger partial charge < -0.3 is 24.2 Å². The lowest BCUT2D eigenvalue weighted by Crippen LogP contribution is -2.55. The number of esters is 1. The van der Waals surface area contributed by atoms with Gasteiger partial charge in [-0.05, 0) is 47.9 Å². The lowest BCUT2D eigenvalue weighted by molar-refractivity contribution is -0.153. The molecule has 12 nitrogen and oxygen atoms in total. The molecule has 1 aromatic heterocycles. The van der Waals surface area contributed by atoms with Crippen LogP contribution in [0.25, 0.3) is 0 Å². The highest BCUT2D eigenvalue weighted by atomic mass is 28.3. The normalized spacial score (nSPS) is 24.0. The Morgan fingerprint density at radius 3 is 2.50 bits per heavy atom. The molecule has 272 valence electrons. The highest BCUT2D eigenvalue weighted by Crippen LogP contribution is 2.60. The fourth-order valence-electron chi connectivity index (χ4n) is 8.56. The van der Waals surface area contributed by atoms with Crippen molar-refractivity contribution in [2.45, 2.75) is 82.8 Å². The Bertz CT molecular complexity index is 1970. The van der Waals surface area contributed by atoms with Gasteiger partial charge in [0.15, 0.2) is 11.8 Å². The van der Waals surface area contributed by atoms with Crippen LogP contribution >= 0.6 is 0 Å². The van der Waals surface area contributed by atoms with Crippen molar-refractivity contribution in [2.75, 3.05) is 23.5 Å². The first-order valence-corrected chi connectivity index (χ1v) is 20.9. The molecule has 0 aliphatic carbocycles. The molecule has 5 atom stereocenters. The Morgan fingerprint density at radius 1 is 1.08 bits per heavy atom. The second-order valence-corrected chi connectivity index (χ2v) is 19.2. The molecule has 2 amide bonds. The summed E-state index contributed by atoms with van der Waals surface area (Å²) in [5.74, 6) is -0.257. The molecule has 4 aromatic rings. The number of amides is 2. The quantitative estimate of drug-likeness (QED) is 0.129. The number of aryl methyl sites for hydroxylation is 1. The summed E-state index contributed by atoms with van der Waals surface area (Å²) < 4.78 is 20.0. The number of benzene rings is 3. The number of ether oxygens (including phenoxy) is 3. The maximum Gasteiger partial charge on any atom is 0.304 e. The second kappa shape index (κ2) is 13.9. The van der Waals surface area contributed by atoms with Crippen molar-refractivity contribution in [1.29, 1.82) is 0 Å². The van der Waals surface area contributed by atoms with E-state index in [4.69, 9.17) is 14.2 Å². The average molecular weight is 724 g/mol. The van der Waals surface area contributed by atoms with Gasteiger partial charge in [-0.25, -0.2) is 0 Å². The molecule has 1 unspecified atom stereocenters. The monoisotopic (exact) mass is 723 g/mol. The molecule has 3 aliphatic heterocycles. The van der Waals surface area contributed by atoms with Gasteiger partial charge in [0.2, 0.25) is 5.91 Å². The third-order valence-corrected chi connectivity index (χ3v) is 15.4. The van der Waals surface area contributed by atoms with Crippen LogP contribution in [0.1, 0.15) is 43.5 Å². The van der Waals surface area contributed by atoms with Crippen molar-refractivity contribution >= 4 is 42.4 Å². The summed E-state index contributed by atoms with van der Waals surface area (Å²) in [5.41, 5.74) is 2.32. The van der Waals surface area contributed by atoms with E-state index < -0.39 is 25.9 Å². The van der Waals surface area contributed by atoms with Crippen molar-refractivity contribution < 1.29 is 33.7 Å². The Morgan fingerprint density at radius 2 is 1.83 bits per heavy atom. The summed E-state index contributed by atoms with van der Waals surface area (Å²) in [4.78, 5) is 43.4. The SMILES string of the molecule is COc1ccc([Si](C)(C)[C@@H]2[C@@H](CCn3cc(CCO)nn3)O[C@]3(C(=O)N(Cc4ccccc4)c4ccc(N5C(=O)CC5OC(C)=O)cc43)[C@H]2C)cc1. The van der Waals surface area contributed by atoms with Crippen LogP contribution < -0.4 is 19.7 Å². The minimum atomic E-state index is -2.42. The maximum absolute atomic E-state index is 15.2. The lowest BCUT2D eigenvalue weighted by atomic mass is 9.82. The van der Waals surface area contributed by atoms with Crippen LogP contribution in [0.3, 0.4) is 0 Å². The minimum absolute atomic E-state index is 0.0121. The van der Waals surface area contributed by atoms with Gasteiger partial charge in [0, 0.05) is 49.9 Å². The number of hydrogen-bond donors (Lipinski definition) is 1. The van der Waals surface area contributed by atoms with Crippen LogP contribution in [0.4, 0.5) is 11.4 Å². The third-order valence-electron chi connectivity index (χ3n) is 11.1. The fourth-order valence-corrected chi connectivity index (χ4v) is 12.6. The van der Waals surface area contributed by atoms with E-state index in [-0.39, 0.29) is 42.4 Å². The Hall–Kier alpha value is -4.85. The molecule has 3 aromatic carbocycles. The van der Waals surface area contributed by atoms with E-state index in [1.165, 1.54) is 17.0 Å². The van der Waals surface area contributed by atoms with Crippen molar-refractivity contribution in [1.82, 2.24) is 15.0 Å². The molecule has 0 saturated carbocycles. The third kappa shape index (κ3) is 6.10. The number of fused-ring (bicyclic) bond motifs is 2. The smallest absolute Gasteiger partial charge is 0.304 e. The standard InChI is InChI=1S/C39H45N5O7Si/c1-25-37(52(4,5)31-14-12-30(49-3)13-15-31)34(17-19-42-24-28(18-20-45)40-41-42)51-39(25)32-21-29(44-35(47)22-36(44)50-26(2)46)11-16-33(32)43(38(39)48)23-27-9-7-6-8-10-27/h6-16,21,24-25,34,36-37,45H,17-20,22-23H2,1-5H3/t25-,34+,36?,37-,39+/m0/s1. The predicted octanol–water partition coefficient (Wildman–Crippen LogP) is 4.30. The Kier molecular flexibility index (Phi) is 9.53. The average Bonchev–Trinajstić information content (AvgIpc) is 3.77. The van der Waals surface area contributed by atoms with Gasteiger partial charge in [-0.3, -0.25) is 24.0 Å². The first kappa shape index (κ1) is 35.5. The number of nitrogens with zero attached hydrogens (tertiary/aromatic N) is 5. The van der Waals surface area contributed by atoms with Crippen LogP contribution in [-0.4, -0.2) is 72.0 Å². The number of rotatable bonds is 12. The van der Waals surface area contributed by atoms with Crippen molar-refractivity contribution in [3.8, 4) is 5.75 Å². The number of carbonyl (C=O) groups excluding carboxylic acids is 3. The van der Waals surface area contributed by atoms with Gasteiger partial charge in [-0.15, -0.1) is 5.10 Å². The molecule has 3 aliphatic rings. The lowest BCUT2D eigenvalue weighted by Gasteiger charge is -2.39. The van der Waals surface area contributed by atoms with Gasteiger partial charge in [0.1, 0.15) is 5.75 Å². The van der Waals surface area contributed by atoms with Crippen LogP contribution in [-0.2, 0) is 49.0 Å². The molecule has 7 rings (SSSR count). The Labute approximate surface area is 304 Å². The number of anilines is 2. The van der Waals surface area contributed by atoms with E-state index in [0.29, 0.717) is 42.9 Å². The number of aromatic nitrogens is 3. The zero-order valence-electron chi connectivity index (χ0n) is 30.2. The van der Waals surface area contributed by atoms with Crippen LogP contribution in [0.2, 0.25) is 18.6 Å². The molecule has 1 N–H and O–H groups in total. The summed E-state index contributed by atoms with van der Waals surface area (Å²) >= 11 is 0. The molecule has 2 saturated heterocycles. The number of aliphatic hydroxyl groups is 1. The van der Waals surface area contributed by atoms with Crippen LogP contribution in [0, 0.1) is 5.92 Å². The summed E-state index contributed by atoms with van der Waals surface area (Å²) in [6.07, 6.45) is 1.90. The topological polar surface area (TPSA) is 136 Å². The Balaban J connectivity index is 1.33. The summed E-state index contributed by atoms with van der Waals surface area (Å²) in [6.45, 7) is 8.98. The molecule has 1 spiro atoms. The van der Waals surface area contributed by atoms with Gasteiger partial charge in [0.25, 0.3) is 5.91 Å². The summed E-state index contributed by atoms with van der Waals surface area (Å²) in [6, 6.07) is 23.7. The highest BCUT2D eigenvalue weighted by molar-refractivity contribution is 6.91. The number of carbonyl (C=O) groups is 3. The molecule has 13 heteroatoms. The first-order chi connectivity index (χ1) is 25.0. The summed E-state index contributed by atoms with van der Waals surface area (Å²) in [5, 5.41) is 19.2. The molecule has 0 radical (unpaired) electrons. The zero-order valence-corrected chi connectivity index (χ0v) is 31.2. The summed E-state index contributed by atoms with van der Waals surface area (Å²) in [7, 11) is -0.764. The van der Waals surface area contributed by atoms with E-state index in [9.17, 15) is 14.7 Å². The van der Waals surface area contributed by atoms with E-state index in [1.807, 2.05) is 71.8 Å². The molecule has 52 heavy (non-hydrogen) atoms. The van der Waals surface area contributed by atoms with Crippen molar-refractivity contribution in [3.05, 3.63) is 95.8 Å². The molecule has 4 heterocycles. The molecule has 0 bridgehead atoms. The number of methoxy groups -OCH3 is 1. The van der Waals surface area contributed by atoms with E-state index in [0.717, 1.165) is 17.0 Å². The van der Waals surface area contributed by atoms with Crippen molar-refractivity contribution in [3.63, 3.8) is 0 Å². The van der Waals surface area contributed by atoms with Gasteiger partial charge in [0.05, 0.1) is 45.6 Å². The van der Waals surface area contributed by atoms with Gasteiger partial charge >= 0.3 is 5.97 Å². The van der Waals surface area contributed by atoms with Crippen LogP contribution in [0.5, 0.6) is 5.75 Å². The predicted molar refractivity (Wildman–Crippen MR) is 197 cm³/mol. The highest BCUT2D eigenvalue weighted by Gasteiger charge is 2.66. The molecular formula is C39H45N5O7Si.